The van der Waals surface area contributed by atoms with Gasteiger partial charge >= 0.3 is 0 Å². The second kappa shape index (κ2) is 4.78. The van der Waals surface area contributed by atoms with Gasteiger partial charge in [-0.05, 0) is 12.1 Å². The molecule has 15 heavy (non-hydrogen) atoms. The molecule has 0 atom stereocenters. The largest absolute Gasteiger partial charge is 0.494 e. The number of hydrogen-bond acceptors (Lipinski definition) is 3. The molecule has 0 aliphatic carbocycles. The minimum absolute atomic E-state index is 0.0824. The molecule has 1 rings (SSSR count). The number of ether oxygens (including phenoxy) is 1. The summed E-state index contributed by atoms with van der Waals surface area (Å²) in [6.45, 7) is 0. The first-order valence-electron chi connectivity index (χ1n) is 4.07. The van der Waals surface area contributed by atoms with Crippen molar-refractivity contribution in [2.24, 2.45) is 0 Å². The van der Waals surface area contributed by atoms with E-state index in [9.17, 15) is 4.39 Å². The van der Waals surface area contributed by atoms with Crippen molar-refractivity contribution in [3.8, 4) is 17.9 Å². The molecule has 0 N–H and O–H groups in total. The highest BCUT2D eigenvalue weighted by Crippen LogP contribution is 2.21. The quantitative estimate of drug-likeness (QED) is 0.691. The molecule has 1 aromatic rings. The highest BCUT2D eigenvalue weighted by atomic mass is 19.1. The van der Waals surface area contributed by atoms with Crippen LogP contribution in [0.2, 0.25) is 0 Å². The Balaban J connectivity index is 3.24. The monoisotopic (exact) mass is 202 g/mol. The van der Waals surface area contributed by atoms with Gasteiger partial charge in [-0.1, -0.05) is 12.1 Å². The standard InChI is InChI=1S/C11H7FN2O/c1-15-10-4-2-3-9(11(10)12)5-8(6-13)7-14/h2-5H,1H3. The number of methoxy groups -OCH3 is 1. The summed E-state index contributed by atoms with van der Waals surface area (Å²) in [5, 5.41) is 17.0. The third-order valence-corrected chi connectivity index (χ3v) is 1.75. The van der Waals surface area contributed by atoms with Gasteiger partial charge in [-0.3, -0.25) is 0 Å². The zero-order valence-corrected chi connectivity index (χ0v) is 7.99. The summed E-state index contributed by atoms with van der Waals surface area (Å²) >= 11 is 0. The molecule has 0 unspecified atom stereocenters. The van der Waals surface area contributed by atoms with E-state index in [-0.39, 0.29) is 16.9 Å². The van der Waals surface area contributed by atoms with Crippen LogP contribution in [0, 0.1) is 28.5 Å². The van der Waals surface area contributed by atoms with Crippen LogP contribution in [0.3, 0.4) is 0 Å². The normalized spacial score (nSPS) is 8.53. The van der Waals surface area contributed by atoms with Gasteiger partial charge in [0.05, 0.1) is 7.11 Å². The van der Waals surface area contributed by atoms with Crippen molar-refractivity contribution in [1.82, 2.24) is 0 Å². The van der Waals surface area contributed by atoms with E-state index in [2.05, 4.69) is 0 Å². The van der Waals surface area contributed by atoms with Crippen molar-refractivity contribution >= 4 is 6.08 Å². The van der Waals surface area contributed by atoms with Gasteiger partial charge in [0.25, 0.3) is 0 Å². The SMILES string of the molecule is COc1cccc(C=C(C#N)C#N)c1F. The molecule has 0 heterocycles. The maximum atomic E-state index is 13.5. The van der Waals surface area contributed by atoms with E-state index in [0.29, 0.717) is 0 Å². The smallest absolute Gasteiger partial charge is 0.172 e. The average Bonchev–Trinajstić information content (AvgIpc) is 2.28. The van der Waals surface area contributed by atoms with Crippen molar-refractivity contribution in [3.05, 3.63) is 35.2 Å². The molecule has 3 nitrogen and oxygen atoms in total. The molecular formula is C11H7FN2O. The van der Waals surface area contributed by atoms with E-state index in [1.807, 2.05) is 0 Å². The fourth-order valence-electron chi connectivity index (χ4n) is 1.04. The highest BCUT2D eigenvalue weighted by Gasteiger charge is 2.06. The second-order valence-electron chi connectivity index (χ2n) is 2.65. The van der Waals surface area contributed by atoms with Gasteiger partial charge in [0, 0.05) is 5.56 Å². The summed E-state index contributed by atoms with van der Waals surface area (Å²) in [5.41, 5.74) is 0.00889. The summed E-state index contributed by atoms with van der Waals surface area (Å²) in [7, 11) is 1.35. The van der Waals surface area contributed by atoms with Gasteiger partial charge in [0.1, 0.15) is 17.7 Å². The van der Waals surface area contributed by atoms with Crippen molar-refractivity contribution in [2.75, 3.05) is 7.11 Å². The number of allylic oxidation sites excluding steroid dienone is 1. The number of halogens is 1. The second-order valence-corrected chi connectivity index (χ2v) is 2.65. The molecular weight excluding hydrogens is 195 g/mol. The van der Waals surface area contributed by atoms with Gasteiger partial charge < -0.3 is 4.74 Å². The summed E-state index contributed by atoms with van der Waals surface area (Å²) in [5.74, 6) is -0.498. The molecule has 0 fully saturated rings. The Morgan fingerprint density at radius 3 is 2.60 bits per heavy atom. The Hall–Kier alpha value is -2.33. The van der Waals surface area contributed by atoms with Crippen LogP contribution in [0.25, 0.3) is 6.08 Å². The molecule has 0 bridgehead atoms. The fourth-order valence-corrected chi connectivity index (χ4v) is 1.04. The van der Waals surface area contributed by atoms with Crippen LogP contribution in [0.5, 0.6) is 5.75 Å². The first kappa shape index (κ1) is 10.7. The van der Waals surface area contributed by atoms with Gasteiger partial charge in [-0.2, -0.15) is 10.5 Å². The summed E-state index contributed by atoms with van der Waals surface area (Å²) < 4.78 is 18.3. The maximum absolute atomic E-state index is 13.5. The van der Waals surface area contributed by atoms with E-state index in [1.54, 1.807) is 18.2 Å². The maximum Gasteiger partial charge on any atom is 0.172 e. The molecule has 0 aliphatic rings. The van der Waals surface area contributed by atoms with E-state index in [1.165, 1.54) is 25.3 Å². The molecule has 0 aliphatic heterocycles. The average molecular weight is 202 g/mol. The van der Waals surface area contributed by atoms with E-state index >= 15 is 0 Å². The molecule has 4 heteroatoms. The molecule has 0 saturated heterocycles. The van der Waals surface area contributed by atoms with Crippen LogP contribution >= 0.6 is 0 Å². The van der Waals surface area contributed by atoms with Gasteiger partial charge in [0.15, 0.2) is 11.6 Å². The van der Waals surface area contributed by atoms with Crippen molar-refractivity contribution in [2.45, 2.75) is 0 Å². The van der Waals surface area contributed by atoms with Crippen molar-refractivity contribution in [1.29, 1.82) is 10.5 Å². The van der Waals surface area contributed by atoms with Gasteiger partial charge in [-0.25, -0.2) is 4.39 Å². The first-order valence-corrected chi connectivity index (χ1v) is 4.07. The molecule has 0 saturated carbocycles. The molecule has 0 spiro atoms. The predicted octanol–water partition coefficient (Wildman–Crippen LogP) is 2.26. The third-order valence-electron chi connectivity index (χ3n) is 1.75. The van der Waals surface area contributed by atoms with E-state index < -0.39 is 5.82 Å². The van der Waals surface area contributed by atoms with Crippen molar-refractivity contribution < 1.29 is 9.13 Å². The molecule has 1 aromatic carbocycles. The fraction of sp³-hybridized carbons (Fsp3) is 0.0909. The van der Waals surface area contributed by atoms with Crippen LogP contribution in [0.1, 0.15) is 5.56 Å². The van der Waals surface area contributed by atoms with Crippen LogP contribution in [0.4, 0.5) is 4.39 Å². The summed E-state index contributed by atoms with van der Waals surface area (Å²) in [6.07, 6.45) is 1.18. The number of nitrogens with zero attached hydrogens (tertiary/aromatic N) is 2. The Morgan fingerprint density at radius 1 is 1.40 bits per heavy atom. The Kier molecular flexibility index (Phi) is 3.43. The lowest BCUT2D eigenvalue weighted by Gasteiger charge is -2.03. The summed E-state index contributed by atoms with van der Waals surface area (Å²) in [4.78, 5) is 0. The topological polar surface area (TPSA) is 56.8 Å². The molecule has 0 aromatic heterocycles. The minimum atomic E-state index is -0.581. The van der Waals surface area contributed by atoms with Crippen LogP contribution in [-0.2, 0) is 0 Å². The Morgan fingerprint density at radius 2 is 2.07 bits per heavy atom. The molecule has 0 amide bonds. The zero-order valence-electron chi connectivity index (χ0n) is 7.99. The predicted molar refractivity (Wildman–Crippen MR) is 52.2 cm³/mol. The third kappa shape index (κ3) is 2.32. The van der Waals surface area contributed by atoms with Gasteiger partial charge in [0.2, 0.25) is 0 Å². The first-order chi connectivity index (χ1) is 7.22. The van der Waals surface area contributed by atoms with Crippen molar-refractivity contribution in [3.63, 3.8) is 0 Å². The number of hydrogen-bond donors (Lipinski definition) is 0. The Labute approximate surface area is 86.6 Å². The summed E-state index contributed by atoms with van der Waals surface area (Å²) in [6, 6.07) is 7.83. The minimum Gasteiger partial charge on any atom is -0.494 e. The number of nitriles is 2. The molecule has 0 radical (unpaired) electrons. The van der Waals surface area contributed by atoms with E-state index in [4.69, 9.17) is 15.3 Å². The van der Waals surface area contributed by atoms with E-state index in [0.717, 1.165) is 0 Å². The lowest BCUT2D eigenvalue weighted by Crippen LogP contribution is -1.90. The number of rotatable bonds is 2. The van der Waals surface area contributed by atoms with Crippen LogP contribution < -0.4 is 4.74 Å². The van der Waals surface area contributed by atoms with Crippen LogP contribution in [-0.4, -0.2) is 7.11 Å². The lowest BCUT2D eigenvalue weighted by molar-refractivity contribution is 0.386. The van der Waals surface area contributed by atoms with Crippen LogP contribution in [0.15, 0.2) is 23.8 Å². The van der Waals surface area contributed by atoms with Gasteiger partial charge in [-0.15, -0.1) is 0 Å². The Bertz CT molecular complexity index is 464. The lowest BCUT2D eigenvalue weighted by atomic mass is 10.1. The molecule has 74 valence electrons. The highest BCUT2D eigenvalue weighted by molar-refractivity contribution is 5.63. The number of benzene rings is 1. The zero-order chi connectivity index (χ0) is 11.3.